The molecule has 0 atom stereocenters. The van der Waals surface area contributed by atoms with Gasteiger partial charge in [-0.05, 0) is 106 Å². The van der Waals surface area contributed by atoms with Crippen molar-refractivity contribution < 1.29 is 22.2 Å². The molecule has 0 aromatic heterocycles. The summed E-state index contributed by atoms with van der Waals surface area (Å²) < 4.78 is 0. The number of aliphatic hydroxyl groups is 1. The second-order valence-corrected chi connectivity index (χ2v) is 12.7. The molecule has 0 amide bonds. The molecule has 6 aromatic rings. The zero-order valence-electron chi connectivity index (χ0n) is 27.2. The van der Waals surface area contributed by atoms with Gasteiger partial charge in [0, 0.05) is 31.5 Å². The van der Waals surface area contributed by atoms with E-state index in [4.69, 9.17) is 0 Å². The van der Waals surface area contributed by atoms with Crippen LogP contribution in [-0.2, 0) is 35.8 Å². The van der Waals surface area contributed by atoms with Crippen molar-refractivity contribution in [3.8, 4) is 11.1 Å². The first-order valence-corrected chi connectivity index (χ1v) is 16.7. The van der Waals surface area contributed by atoms with Gasteiger partial charge in [-0.3, -0.25) is 4.90 Å². The smallest absolute Gasteiger partial charge is 0.380 e. The molecule has 1 heterocycles. The van der Waals surface area contributed by atoms with E-state index in [2.05, 4.69) is 97.0 Å². The molecule has 3 aliphatic rings. The fraction of sp³-hybridized carbons (Fsp3) is 0.0870. The van der Waals surface area contributed by atoms with Crippen LogP contribution in [0.4, 0.5) is 0 Å². The Kier molecular flexibility index (Phi) is 10.4. The van der Waals surface area contributed by atoms with Crippen LogP contribution in [0.1, 0.15) is 22.3 Å². The van der Waals surface area contributed by atoms with Crippen molar-refractivity contribution in [2.24, 2.45) is 0 Å². The molecule has 6 aromatic carbocycles. The molecule has 2 aliphatic carbocycles. The van der Waals surface area contributed by atoms with Gasteiger partial charge in [0.25, 0.3) is 0 Å². The summed E-state index contributed by atoms with van der Waals surface area (Å²) in [4.78, 5) is 2.53. The summed E-state index contributed by atoms with van der Waals surface area (Å²) in [5.41, 5.74) is 5.86. The normalized spacial score (nSPS) is 16.8. The van der Waals surface area contributed by atoms with Crippen molar-refractivity contribution in [2.75, 3.05) is 6.54 Å². The van der Waals surface area contributed by atoms with Gasteiger partial charge < -0.3 is 5.11 Å². The number of hydrogen-bond donors (Lipinski definition) is 1. The van der Waals surface area contributed by atoms with Gasteiger partial charge in [-0.25, -0.2) is 0 Å². The van der Waals surface area contributed by atoms with Crippen LogP contribution in [0.25, 0.3) is 32.7 Å². The van der Waals surface area contributed by atoms with Crippen molar-refractivity contribution >= 4 is 21.5 Å². The van der Waals surface area contributed by atoms with Crippen LogP contribution >= 0.6 is 0 Å². The molecule has 0 spiro atoms. The monoisotopic (exact) mass is 675 g/mol. The molecule has 0 bridgehead atoms. The molecule has 9 rings (SSSR count). The van der Waals surface area contributed by atoms with Crippen LogP contribution in [0.3, 0.4) is 0 Å². The van der Waals surface area contributed by atoms with E-state index in [0.29, 0.717) is 0 Å². The van der Waals surface area contributed by atoms with Crippen molar-refractivity contribution in [1.29, 1.82) is 0 Å². The fourth-order valence-corrected chi connectivity index (χ4v) is 7.48. The number of nitrogens with zero attached hydrogens (tertiary/aromatic N) is 1. The molecule has 238 valence electrons. The number of rotatable bonds is 5. The number of fused-ring (bicyclic) bond motifs is 7. The molecule has 10 radical (unpaired) electrons. The molecular weight excluding hydrogens is 638 g/mol. The molecule has 2 fully saturated rings. The van der Waals surface area contributed by atoms with E-state index in [9.17, 15) is 5.11 Å². The largest absolute Gasteiger partial charge is 2.00 e. The topological polar surface area (TPSA) is 23.5 Å². The summed E-state index contributed by atoms with van der Waals surface area (Å²) >= 11 is 0. The Bertz CT molecular complexity index is 1870. The first kappa shape index (κ1) is 33.8. The van der Waals surface area contributed by atoms with Gasteiger partial charge in [0.1, 0.15) is 5.60 Å². The third kappa shape index (κ3) is 6.63. The van der Waals surface area contributed by atoms with Crippen molar-refractivity contribution in [3.05, 3.63) is 219 Å². The molecule has 0 unspecified atom stereocenters. The summed E-state index contributed by atoms with van der Waals surface area (Å²) in [6, 6.07) is 46.8. The first-order chi connectivity index (χ1) is 23.7. The van der Waals surface area contributed by atoms with Gasteiger partial charge in [-0.1, -0.05) is 133 Å². The predicted molar refractivity (Wildman–Crippen MR) is 198 cm³/mol. The summed E-state index contributed by atoms with van der Waals surface area (Å²) in [6.07, 6.45) is 16.4. The van der Waals surface area contributed by atoms with Crippen LogP contribution in [0.2, 0.25) is 0 Å². The van der Waals surface area contributed by atoms with E-state index in [1.807, 2.05) is 92.8 Å². The predicted octanol–water partition coefficient (Wildman–Crippen LogP) is 9.71. The van der Waals surface area contributed by atoms with E-state index in [1.54, 1.807) is 0 Å². The summed E-state index contributed by atoms with van der Waals surface area (Å²) in [6.45, 7) is 2.37. The zero-order valence-corrected chi connectivity index (χ0v) is 28.3. The molecule has 0 saturated heterocycles. The second-order valence-electron chi connectivity index (χ2n) is 12.7. The Morgan fingerprint density at radius 1 is 0.490 bits per heavy atom. The quantitative estimate of drug-likeness (QED) is 0.184. The van der Waals surface area contributed by atoms with Gasteiger partial charge in [0.2, 0.25) is 0 Å². The minimum Gasteiger partial charge on any atom is -0.380 e. The summed E-state index contributed by atoms with van der Waals surface area (Å²) in [5, 5.41) is 17.8. The molecule has 1 aliphatic heterocycles. The van der Waals surface area contributed by atoms with Crippen molar-refractivity contribution in [1.82, 2.24) is 4.90 Å². The van der Waals surface area contributed by atoms with Crippen LogP contribution in [-0.4, -0.2) is 16.6 Å². The average molecular weight is 676 g/mol. The Morgan fingerprint density at radius 3 is 1.43 bits per heavy atom. The Labute approximate surface area is 302 Å². The minimum atomic E-state index is -1.25. The van der Waals surface area contributed by atoms with E-state index < -0.39 is 5.60 Å². The van der Waals surface area contributed by atoms with Crippen LogP contribution in [0.5, 0.6) is 0 Å². The fourth-order valence-electron chi connectivity index (χ4n) is 7.48. The van der Waals surface area contributed by atoms with Gasteiger partial charge in [0.05, 0.1) is 0 Å². The maximum absolute atomic E-state index is 12.6. The van der Waals surface area contributed by atoms with Crippen LogP contribution in [0.15, 0.2) is 133 Å². The van der Waals surface area contributed by atoms with Gasteiger partial charge in [0.15, 0.2) is 0 Å². The maximum atomic E-state index is 12.6. The summed E-state index contributed by atoms with van der Waals surface area (Å²) in [5.74, 6) is 2.08. The van der Waals surface area contributed by atoms with Gasteiger partial charge in [-0.15, -0.1) is 0 Å². The number of benzene rings is 6. The number of hydrogen-bond acceptors (Lipinski definition) is 2. The van der Waals surface area contributed by atoms with E-state index >= 15 is 0 Å². The van der Waals surface area contributed by atoms with E-state index in [0.717, 1.165) is 42.6 Å². The van der Waals surface area contributed by atoms with Gasteiger partial charge >= 0.3 is 17.1 Å². The first-order valence-electron chi connectivity index (χ1n) is 16.7. The second kappa shape index (κ2) is 15.0. The molecular formula is C46H37FeNO+2. The van der Waals surface area contributed by atoms with Crippen LogP contribution < -0.4 is 0 Å². The van der Waals surface area contributed by atoms with Gasteiger partial charge in [-0.2, -0.15) is 0 Å². The Balaban J connectivity index is 0.000000581. The Morgan fingerprint density at radius 2 is 0.939 bits per heavy atom. The van der Waals surface area contributed by atoms with Crippen molar-refractivity contribution in [3.63, 3.8) is 0 Å². The SMILES string of the molecule is OC([C]1[CH][CH][CH][C]1CN1Cc2ccc3ccccc3c2-c2c(ccc3ccccc23)C1)(c1ccccc1)c1ccccc1.[CH]1[CH][CH][CH][CH]1.[Fe+2]. The maximum Gasteiger partial charge on any atom is 2.00 e. The third-order valence-corrected chi connectivity index (χ3v) is 9.70. The van der Waals surface area contributed by atoms with Crippen LogP contribution in [0, 0.1) is 63.2 Å². The zero-order chi connectivity index (χ0) is 32.3. The minimum absolute atomic E-state index is 0. The molecule has 1 N–H and O–H groups in total. The molecule has 3 heteroatoms. The molecule has 2 saturated carbocycles. The average Bonchev–Trinajstić information content (AvgIpc) is 3.86. The Hall–Kier alpha value is -3.72. The third-order valence-electron chi connectivity index (χ3n) is 9.70. The molecule has 49 heavy (non-hydrogen) atoms. The van der Waals surface area contributed by atoms with E-state index in [-0.39, 0.29) is 17.1 Å². The van der Waals surface area contributed by atoms with E-state index in [1.165, 1.54) is 43.8 Å². The van der Waals surface area contributed by atoms with Crippen molar-refractivity contribution in [2.45, 2.75) is 18.7 Å². The summed E-state index contributed by atoms with van der Waals surface area (Å²) in [7, 11) is 0. The molecule has 2 nitrogen and oxygen atoms in total. The standard InChI is InChI=1S/C41H32NO.C5H5.Fe/c43-41(34-15-3-1-4-16-34,35-17-5-2-6-18-35)38-21-11-14-31(38)26-42-27-32-24-22-29-12-7-9-19-36(29)39(32)40-33(28-42)25-23-30-13-8-10-20-37(30)40;1-2-4-5-3-1;/h1-25,43H,26-28H2;1-5H;/q;;+2.